The van der Waals surface area contributed by atoms with Crippen LogP contribution < -0.4 is 10.1 Å². The van der Waals surface area contributed by atoms with Crippen molar-refractivity contribution >= 4 is 33.9 Å². The van der Waals surface area contributed by atoms with Crippen LogP contribution in [-0.2, 0) is 23.8 Å². The molecule has 1 aliphatic rings. The highest BCUT2D eigenvalue weighted by atomic mass is 32.1. The normalized spacial score (nSPS) is 15.5. The second-order valence-corrected chi connectivity index (χ2v) is 12.1. The molecule has 0 fully saturated rings. The number of thiophene rings is 1. The summed E-state index contributed by atoms with van der Waals surface area (Å²) in [7, 11) is 2.75. The summed E-state index contributed by atoms with van der Waals surface area (Å²) in [4.78, 5) is 31.7. The van der Waals surface area contributed by atoms with Crippen LogP contribution in [0.2, 0.25) is 0 Å². The van der Waals surface area contributed by atoms with Crippen LogP contribution in [0.3, 0.4) is 0 Å². The fraction of sp³-hybridized carbons (Fsp3) is 0.379. The largest absolute Gasteiger partial charge is 0.497 e. The topological polar surface area (TPSA) is 94.8 Å². The lowest BCUT2D eigenvalue weighted by molar-refractivity contribution is -0.142. The lowest BCUT2D eigenvalue weighted by Gasteiger charge is -2.33. The summed E-state index contributed by atoms with van der Waals surface area (Å²) in [5, 5.41) is 6.90. The SMILES string of the molecule is COC(=O)c1c(NC(=O)c2cnn3c(C(F)(F)F)cc(-c4ccc(OC)cc4)nc23)sc2c1CC[C@H](C(C)(C)C)C2. The van der Waals surface area contributed by atoms with Gasteiger partial charge in [-0.05, 0) is 66.5 Å². The van der Waals surface area contributed by atoms with Crippen molar-refractivity contribution in [1.29, 1.82) is 0 Å². The average molecular weight is 587 g/mol. The van der Waals surface area contributed by atoms with Crippen LogP contribution in [0.1, 0.15) is 64.0 Å². The van der Waals surface area contributed by atoms with Gasteiger partial charge in [-0.3, -0.25) is 4.79 Å². The Labute approximate surface area is 238 Å². The number of alkyl halides is 3. The number of benzene rings is 1. The Morgan fingerprint density at radius 2 is 1.83 bits per heavy atom. The summed E-state index contributed by atoms with van der Waals surface area (Å²) in [6.07, 6.45) is -1.42. The molecule has 1 aromatic carbocycles. The first kappa shape index (κ1) is 28.6. The van der Waals surface area contributed by atoms with Crippen LogP contribution in [-0.4, -0.2) is 40.7 Å². The third-order valence-electron chi connectivity index (χ3n) is 7.50. The summed E-state index contributed by atoms with van der Waals surface area (Å²) in [6, 6.07) is 7.26. The van der Waals surface area contributed by atoms with Gasteiger partial charge in [0.15, 0.2) is 11.3 Å². The highest BCUT2D eigenvalue weighted by molar-refractivity contribution is 7.17. The van der Waals surface area contributed by atoms with E-state index < -0.39 is 23.7 Å². The van der Waals surface area contributed by atoms with Crippen molar-refractivity contribution in [2.45, 2.75) is 46.2 Å². The molecule has 0 unspecified atom stereocenters. The molecular formula is C29H29F3N4O4S. The van der Waals surface area contributed by atoms with Gasteiger partial charge in [0.2, 0.25) is 0 Å². The molecule has 0 bridgehead atoms. The minimum absolute atomic E-state index is 0.0112. The number of methoxy groups -OCH3 is 2. The van der Waals surface area contributed by atoms with Crippen molar-refractivity contribution in [3.8, 4) is 17.0 Å². The number of amides is 1. The number of carbonyl (C=O) groups excluding carboxylic acids is 2. The first-order valence-electron chi connectivity index (χ1n) is 13.0. The van der Waals surface area contributed by atoms with E-state index in [1.165, 1.54) is 25.6 Å². The molecular weight excluding hydrogens is 557 g/mol. The first-order valence-corrected chi connectivity index (χ1v) is 13.8. The number of ether oxygens (including phenoxy) is 2. The van der Waals surface area contributed by atoms with Gasteiger partial charge in [0.05, 0.1) is 31.7 Å². The van der Waals surface area contributed by atoms with Crippen molar-refractivity contribution < 1.29 is 32.2 Å². The van der Waals surface area contributed by atoms with Gasteiger partial charge in [0.25, 0.3) is 5.91 Å². The van der Waals surface area contributed by atoms with Crippen LogP contribution in [0, 0.1) is 11.3 Å². The molecule has 1 amide bonds. The van der Waals surface area contributed by atoms with Gasteiger partial charge in [-0.25, -0.2) is 14.3 Å². The summed E-state index contributed by atoms with van der Waals surface area (Å²) in [5.74, 6) is -0.386. The van der Waals surface area contributed by atoms with Crippen LogP contribution >= 0.6 is 11.3 Å². The molecule has 0 spiro atoms. The molecule has 5 rings (SSSR count). The number of carbonyl (C=O) groups is 2. The molecule has 1 N–H and O–H groups in total. The van der Waals surface area contributed by atoms with Gasteiger partial charge in [0.1, 0.15) is 16.3 Å². The van der Waals surface area contributed by atoms with Gasteiger partial charge in [-0.15, -0.1) is 11.3 Å². The van der Waals surface area contributed by atoms with Crippen molar-refractivity contribution in [1.82, 2.24) is 14.6 Å². The minimum Gasteiger partial charge on any atom is -0.497 e. The van der Waals surface area contributed by atoms with E-state index in [0.29, 0.717) is 33.2 Å². The Balaban J connectivity index is 1.56. The summed E-state index contributed by atoms with van der Waals surface area (Å²) < 4.78 is 52.9. The van der Waals surface area contributed by atoms with Crippen molar-refractivity contribution in [3.05, 3.63) is 63.8 Å². The molecule has 3 aromatic heterocycles. The van der Waals surface area contributed by atoms with Gasteiger partial charge >= 0.3 is 12.1 Å². The number of fused-ring (bicyclic) bond motifs is 2. The van der Waals surface area contributed by atoms with E-state index in [2.05, 4.69) is 36.2 Å². The molecule has 1 aliphatic carbocycles. The fourth-order valence-electron chi connectivity index (χ4n) is 5.14. The maximum absolute atomic E-state index is 14.1. The molecule has 0 radical (unpaired) electrons. The zero-order valence-electron chi connectivity index (χ0n) is 23.2. The smallest absolute Gasteiger partial charge is 0.433 e. The predicted molar refractivity (Wildman–Crippen MR) is 149 cm³/mol. The molecule has 0 saturated heterocycles. The van der Waals surface area contributed by atoms with E-state index in [1.807, 2.05) is 0 Å². The van der Waals surface area contributed by atoms with Crippen LogP contribution in [0.5, 0.6) is 5.75 Å². The van der Waals surface area contributed by atoms with Gasteiger partial charge < -0.3 is 14.8 Å². The third-order valence-corrected chi connectivity index (χ3v) is 8.67. The van der Waals surface area contributed by atoms with E-state index >= 15 is 0 Å². The van der Waals surface area contributed by atoms with Gasteiger partial charge in [-0.2, -0.15) is 18.3 Å². The Kier molecular flexibility index (Phi) is 7.31. The number of esters is 1. The highest BCUT2D eigenvalue weighted by Gasteiger charge is 2.37. The Bertz CT molecular complexity index is 1630. The quantitative estimate of drug-likeness (QED) is 0.262. The highest BCUT2D eigenvalue weighted by Crippen LogP contribution is 2.44. The van der Waals surface area contributed by atoms with Crippen LogP contribution in [0.15, 0.2) is 36.5 Å². The number of rotatable bonds is 5. The van der Waals surface area contributed by atoms with Gasteiger partial charge in [0, 0.05) is 10.4 Å². The molecule has 12 heteroatoms. The predicted octanol–water partition coefficient (Wildman–Crippen LogP) is 6.68. The lowest BCUT2D eigenvalue weighted by atomic mass is 9.72. The number of aromatic nitrogens is 3. The molecule has 3 heterocycles. The van der Waals surface area contributed by atoms with Crippen molar-refractivity contribution in [2.24, 2.45) is 11.3 Å². The number of hydrogen-bond acceptors (Lipinski definition) is 7. The summed E-state index contributed by atoms with van der Waals surface area (Å²) in [5.41, 5.74) is 0.0943. The zero-order chi connectivity index (χ0) is 29.7. The molecule has 0 aliphatic heterocycles. The van der Waals surface area contributed by atoms with E-state index in [0.717, 1.165) is 35.5 Å². The average Bonchev–Trinajstić information content (AvgIpc) is 3.51. The minimum atomic E-state index is -4.77. The number of halogens is 3. The van der Waals surface area contributed by atoms with Crippen LogP contribution in [0.25, 0.3) is 16.9 Å². The summed E-state index contributed by atoms with van der Waals surface area (Å²) in [6.45, 7) is 6.52. The number of nitrogens with zero attached hydrogens (tertiary/aromatic N) is 3. The Morgan fingerprint density at radius 1 is 1.12 bits per heavy atom. The van der Waals surface area contributed by atoms with Crippen molar-refractivity contribution in [3.63, 3.8) is 0 Å². The summed E-state index contributed by atoms with van der Waals surface area (Å²) >= 11 is 1.30. The first-order chi connectivity index (χ1) is 19.3. The second kappa shape index (κ2) is 10.5. The molecule has 4 aromatic rings. The van der Waals surface area contributed by atoms with Gasteiger partial charge in [-0.1, -0.05) is 20.8 Å². The lowest BCUT2D eigenvalue weighted by Crippen LogP contribution is -2.26. The second-order valence-electron chi connectivity index (χ2n) is 11.0. The van der Waals surface area contributed by atoms with Crippen LogP contribution in [0.4, 0.5) is 18.2 Å². The molecule has 216 valence electrons. The molecule has 0 saturated carbocycles. The van der Waals surface area contributed by atoms with E-state index in [-0.39, 0.29) is 27.9 Å². The molecule has 8 nitrogen and oxygen atoms in total. The molecule has 41 heavy (non-hydrogen) atoms. The number of nitrogens with one attached hydrogen (secondary N) is 1. The van der Waals surface area contributed by atoms with E-state index in [1.54, 1.807) is 24.3 Å². The zero-order valence-corrected chi connectivity index (χ0v) is 24.0. The van der Waals surface area contributed by atoms with E-state index in [4.69, 9.17) is 9.47 Å². The Morgan fingerprint density at radius 3 is 2.44 bits per heavy atom. The molecule has 1 atom stereocenters. The third kappa shape index (κ3) is 5.40. The monoisotopic (exact) mass is 586 g/mol. The Hall–Kier alpha value is -3.93. The standard InChI is InChI=1S/C29H29F3N4O4S/c1-28(2,3)16-8-11-18-21(12-16)41-26(23(18)27(38)40-5)35-25(37)19-14-33-36-22(29(30,31)32)13-20(34-24(19)36)15-6-9-17(39-4)10-7-15/h6-7,9-10,13-14,16H,8,11-12H2,1-5H3,(H,35,37)/t16-/m0/s1. The number of anilines is 1. The maximum Gasteiger partial charge on any atom is 0.433 e. The number of hydrogen-bond donors (Lipinski definition) is 1. The van der Waals surface area contributed by atoms with E-state index in [9.17, 15) is 22.8 Å². The fourth-order valence-corrected chi connectivity index (χ4v) is 6.45. The maximum atomic E-state index is 14.1. The van der Waals surface area contributed by atoms with Crippen molar-refractivity contribution in [2.75, 3.05) is 19.5 Å².